The fourth-order valence-electron chi connectivity index (χ4n) is 1.05. The van der Waals surface area contributed by atoms with Gasteiger partial charge in [0.25, 0.3) is 0 Å². The Morgan fingerprint density at radius 2 is 1.87 bits per heavy atom. The molecule has 0 aromatic heterocycles. The van der Waals surface area contributed by atoms with E-state index in [0.29, 0.717) is 6.42 Å². The van der Waals surface area contributed by atoms with Crippen LogP contribution in [0.2, 0.25) is 0 Å². The summed E-state index contributed by atoms with van der Waals surface area (Å²) >= 11 is 0. The van der Waals surface area contributed by atoms with E-state index in [1.807, 2.05) is 37.3 Å². The Labute approximate surface area is 92.3 Å². The molecule has 84 valence electrons. The number of carbonyl (C=O) groups is 1. The molecule has 0 amide bonds. The summed E-state index contributed by atoms with van der Waals surface area (Å²) in [7, 11) is 1.42. The van der Waals surface area contributed by atoms with Crippen LogP contribution in [-0.2, 0) is 9.53 Å². The molecule has 0 rings (SSSR count). The van der Waals surface area contributed by atoms with Crippen LogP contribution in [-0.4, -0.2) is 13.1 Å². The second-order valence-electron chi connectivity index (χ2n) is 3.16. The maximum atomic E-state index is 10.8. The molecule has 2 nitrogen and oxygen atoms in total. The number of ether oxygens (including phenoxy) is 1. The zero-order valence-electron chi connectivity index (χ0n) is 9.61. The molecular weight excluding hydrogens is 188 g/mol. The summed E-state index contributed by atoms with van der Waals surface area (Å²) in [5.41, 5.74) is 0. The molecule has 0 aliphatic rings. The fourth-order valence-corrected chi connectivity index (χ4v) is 1.05. The molecule has 0 aliphatic heterocycles. The van der Waals surface area contributed by atoms with Crippen molar-refractivity contribution in [1.29, 1.82) is 0 Å². The smallest absolute Gasteiger partial charge is 0.305 e. The van der Waals surface area contributed by atoms with Crippen LogP contribution >= 0.6 is 0 Å². The Morgan fingerprint density at radius 3 is 2.53 bits per heavy atom. The molecule has 0 aliphatic carbocycles. The highest BCUT2D eigenvalue weighted by Gasteiger charge is 1.97. The molecule has 0 aromatic rings. The van der Waals surface area contributed by atoms with Gasteiger partial charge in [-0.15, -0.1) is 0 Å². The highest BCUT2D eigenvalue weighted by molar-refractivity contribution is 5.68. The van der Waals surface area contributed by atoms with Crippen molar-refractivity contribution in [2.24, 2.45) is 0 Å². The van der Waals surface area contributed by atoms with Gasteiger partial charge in [-0.1, -0.05) is 36.5 Å². The van der Waals surface area contributed by atoms with Crippen LogP contribution in [0, 0.1) is 0 Å². The van der Waals surface area contributed by atoms with Gasteiger partial charge in [0.05, 0.1) is 7.11 Å². The third kappa shape index (κ3) is 10.6. The predicted octanol–water partition coefficient (Wildman–Crippen LogP) is 3.41. The lowest BCUT2D eigenvalue weighted by Gasteiger charge is -1.96. The lowest BCUT2D eigenvalue weighted by atomic mass is 10.2. The molecule has 0 saturated carbocycles. The first-order valence-electron chi connectivity index (χ1n) is 5.32. The molecule has 0 heterocycles. The number of esters is 1. The van der Waals surface area contributed by atoms with E-state index in [1.165, 1.54) is 7.11 Å². The molecule has 0 saturated heterocycles. The quantitative estimate of drug-likeness (QED) is 0.364. The maximum Gasteiger partial charge on any atom is 0.305 e. The Balaban J connectivity index is 3.34. The first-order valence-corrected chi connectivity index (χ1v) is 5.32. The average molecular weight is 208 g/mol. The minimum absolute atomic E-state index is 0.119. The summed E-state index contributed by atoms with van der Waals surface area (Å²) in [6.07, 6.45) is 15.6. The van der Waals surface area contributed by atoms with Crippen LogP contribution in [0.1, 0.15) is 32.6 Å². The molecule has 0 N–H and O–H groups in total. The third-order valence-electron chi connectivity index (χ3n) is 1.89. The molecular formula is C13H20O2. The SMILES string of the molecule is C/C=C/C=C/C=C/CCCCC(=O)OC. The lowest BCUT2D eigenvalue weighted by molar-refractivity contribution is -0.140. The molecule has 0 spiro atoms. The first kappa shape index (κ1) is 13.7. The van der Waals surface area contributed by atoms with Crippen molar-refractivity contribution >= 4 is 5.97 Å². The van der Waals surface area contributed by atoms with Gasteiger partial charge in [-0.25, -0.2) is 0 Å². The van der Waals surface area contributed by atoms with E-state index in [2.05, 4.69) is 10.8 Å². The van der Waals surface area contributed by atoms with Crippen LogP contribution in [0.3, 0.4) is 0 Å². The molecule has 15 heavy (non-hydrogen) atoms. The summed E-state index contributed by atoms with van der Waals surface area (Å²) in [4.78, 5) is 10.8. The van der Waals surface area contributed by atoms with Crippen molar-refractivity contribution in [3.05, 3.63) is 36.5 Å². The monoisotopic (exact) mass is 208 g/mol. The van der Waals surface area contributed by atoms with Crippen molar-refractivity contribution in [2.75, 3.05) is 7.11 Å². The van der Waals surface area contributed by atoms with Crippen molar-refractivity contribution in [1.82, 2.24) is 0 Å². The zero-order chi connectivity index (χ0) is 11.4. The minimum Gasteiger partial charge on any atom is -0.469 e. The van der Waals surface area contributed by atoms with Gasteiger partial charge in [-0.05, 0) is 26.2 Å². The van der Waals surface area contributed by atoms with Gasteiger partial charge in [0.15, 0.2) is 0 Å². The largest absolute Gasteiger partial charge is 0.469 e. The summed E-state index contributed by atoms with van der Waals surface area (Å²) in [6.45, 7) is 1.99. The molecule has 0 fully saturated rings. The maximum absolute atomic E-state index is 10.8. The van der Waals surface area contributed by atoms with Gasteiger partial charge in [-0.3, -0.25) is 4.79 Å². The van der Waals surface area contributed by atoms with E-state index < -0.39 is 0 Å². The second kappa shape index (κ2) is 10.8. The van der Waals surface area contributed by atoms with Crippen LogP contribution in [0.15, 0.2) is 36.5 Å². The van der Waals surface area contributed by atoms with Crippen molar-refractivity contribution in [2.45, 2.75) is 32.6 Å². The number of unbranched alkanes of at least 4 members (excludes halogenated alkanes) is 2. The molecule has 0 unspecified atom stereocenters. The second-order valence-corrected chi connectivity index (χ2v) is 3.16. The topological polar surface area (TPSA) is 26.3 Å². The number of hydrogen-bond donors (Lipinski definition) is 0. The van der Waals surface area contributed by atoms with Gasteiger partial charge in [0, 0.05) is 6.42 Å². The summed E-state index contributed by atoms with van der Waals surface area (Å²) < 4.78 is 4.55. The minimum atomic E-state index is -0.119. The van der Waals surface area contributed by atoms with E-state index in [4.69, 9.17) is 0 Å². The Bertz CT molecular complexity index is 237. The average Bonchev–Trinajstić information content (AvgIpc) is 2.26. The number of allylic oxidation sites excluding steroid dienone is 6. The van der Waals surface area contributed by atoms with E-state index >= 15 is 0 Å². The third-order valence-corrected chi connectivity index (χ3v) is 1.89. The lowest BCUT2D eigenvalue weighted by Crippen LogP contribution is -1.98. The van der Waals surface area contributed by atoms with Crippen molar-refractivity contribution in [3.63, 3.8) is 0 Å². The molecule has 0 aromatic carbocycles. The molecule has 0 bridgehead atoms. The Hall–Kier alpha value is -1.31. The van der Waals surface area contributed by atoms with Crippen molar-refractivity contribution < 1.29 is 9.53 Å². The van der Waals surface area contributed by atoms with E-state index in [9.17, 15) is 4.79 Å². The number of rotatable bonds is 7. The standard InChI is InChI=1S/C13H20O2/c1-3-4-5-6-7-8-9-10-11-12-13(14)15-2/h3-8H,9-12H2,1-2H3/b4-3+,6-5+,8-7+. The van der Waals surface area contributed by atoms with Crippen LogP contribution < -0.4 is 0 Å². The van der Waals surface area contributed by atoms with Crippen LogP contribution in [0.5, 0.6) is 0 Å². The molecule has 0 radical (unpaired) electrons. The van der Waals surface area contributed by atoms with Crippen LogP contribution in [0.25, 0.3) is 0 Å². The van der Waals surface area contributed by atoms with Gasteiger partial charge in [0.2, 0.25) is 0 Å². The van der Waals surface area contributed by atoms with E-state index in [1.54, 1.807) is 0 Å². The number of carbonyl (C=O) groups excluding carboxylic acids is 1. The normalized spacial score (nSPS) is 11.9. The summed E-state index contributed by atoms with van der Waals surface area (Å²) in [6, 6.07) is 0. The highest BCUT2D eigenvalue weighted by Crippen LogP contribution is 2.01. The number of hydrogen-bond acceptors (Lipinski definition) is 2. The molecule has 0 atom stereocenters. The Morgan fingerprint density at radius 1 is 1.13 bits per heavy atom. The number of methoxy groups -OCH3 is 1. The Kier molecular flexibility index (Phi) is 9.83. The van der Waals surface area contributed by atoms with Gasteiger partial charge < -0.3 is 4.74 Å². The first-order chi connectivity index (χ1) is 7.31. The van der Waals surface area contributed by atoms with E-state index in [0.717, 1.165) is 19.3 Å². The summed E-state index contributed by atoms with van der Waals surface area (Å²) in [5, 5.41) is 0. The van der Waals surface area contributed by atoms with Gasteiger partial charge in [-0.2, -0.15) is 0 Å². The van der Waals surface area contributed by atoms with Crippen LogP contribution in [0.4, 0.5) is 0 Å². The fraction of sp³-hybridized carbons (Fsp3) is 0.462. The highest BCUT2D eigenvalue weighted by atomic mass is 16.5. The van der Waals surface area contributed by atoms with E-state index in [-0.39, 0.29) is 5.97 Å². The van der Waals surface area contributed by atoms with Crippen molar-refractivity contribution in [3.8, 4) is 0 Å². The molecule has 2 heteroatoms. The zero-order valence-corrected chi connectivity index (χ0v) is 9.61. The predicted molar refractivity (Wildman–Crippen MR) is 63.6 cm³/mol. The summed E-state index contributed by atoms with van der Waals surface area (Å²) in [5.74, 6) is -0.119. The van der Waals surface area contributed by atoms with Gasteiger partial charge >= 0.3 is 5.97 Å². The van der Waals surface area contributed by atoms with Gasteiger partial charge in [0.1, 0.15) is 0 Å².